The number of nitrogens with one attached hydrogen (secondary N) is 1. The van der Waals surface area contributed by atoms with Gasteiger partial charge in [0.1, 0.15) is 6.54 Å². The summed E-state index contributed by atoms with van der Waals surface area (Å²) in [7, 11) is 0. The smallest absolute Gasteiger partial charge is 0.449 e. The normalized spacial score (nSPS) is 13.1. The molecular weight excluding hydrogens is 423 g/mol. The third-order valence-corrected chi connectivity index (χ3v) is 4.32. The Balaban J connectivity index is 1.55. The molecule has 1 aliphatic rings. The average Bonchev–Trinajstić information content (AvgIpc) is 3.31. The number of nitro benzene ring substituents is 1. The number of benzene rings is 2. The molecule has 13 heteroatoms. The molecule has 1 aliphatic heterocycles. The van der Waals surface area contributed by atoms with Crippen LogP contribution in [0, 0.1) is 10.1 Å². The van der Waals surface area contributed by atoms with E-state index in [2.05, 4.69) is 15.5 Å². The molecule has 2 heterocycles. The number of ether oxygens (including phenoxy) is 2. The lowest BCUT2D eigenvalue weighted by Gasteiger charge is -2.10. The highest BCUT2D eigenvalue weighted by molar-refractivity contribution is 5.88. The molecule has 3 aromatic rings. The molecule has 4 rings (SSSR count). The summed E-state index contributed by atoms with van der Waals surface area (Å²) in [4.78, 5) is 26.3. The molecule has 0 spiro atoms. The average molecular weight is 435 g/mol. The van der Waals surface area contributed by atoms with Crippen molar-refractivity contribution in [3.05, 3.63) is 57.9 Å². The van der Waals surface area contributed by atoms with Gasteiger partial charge in [-0.1, -0.05) is 12.1 Å². The fourth-order valence-electron chi connectivity index (χ4n) is 3.01. The lowest BCUT2D eigenvalue weighted by atomic mass is 10.1. The number of carbonyl (C=O) groups excluding carboxylic acids is 1. The molecule has 1 N–H and O–H groups in total. The van der Waals surface area contributed by atoms with E-state index in [4.69, 9.17) is 9.47 Å². The summed E-state index contributed by atoms with van der Waals surface area (Å²) >= 11 is 0. The first-order chi connectivity index (χ1) is 14.7. The van der Waals surface area contributed by atoms with E-state index in [1.807, 2.05) is 0 Å². The number of fused-ring (bicyclic) bond motifs is 2. The number of rotatable bonds is 5. The number of para-hydroxylation sites is 2. The minimum atomic E-state index is -4.77. The number of halogens is 3. The molecule has 0 atom stereocenters. The van der Waals surface area contributed by atoms with Crippen molar-refractivity contribution in [2.45, 2.75) is 12.7 Å². The Bertz CT molecular complexity index is 1220. The van der Waals surface area contributed by atoms with Crippen LogP contribution in [0.1, 0.15) is 11.4 Å². The Morgan fingerprint density at radius 3 is 2.71 bits per heavy atom. The third-order valence-electron chi connectivity index (χ3n) is 4.32. The van der Waals surface area contributed by atoms with Crippen molar-refractivity contribution in [1.82, 2.24) is 15.0 Å². The number of aromatic nitrogens is 2. The van der Waals surface area contributed by atoms with Crippen molar-refractivity contribution >= 4 is 28.8 Å². The number of hydrogen-bond donors (Lipinski definition) is 1. The zero-order valence-electron chi connectivity index (χ0n) is 15.4. The van der Waals surface area contributed by atoms with Gasteiger partial charge in [0.15, 0.2) is 11.5 Å². The van der Waals surface area contributed by atoms with Gasteiger partial charge < -0.3 is 14.0 Å². The third kappa shape index (κ3) is 3.97. The van der Waals surface area contributed by atoms with Gasteiger partial charge in [0.25, 0.3) is 11.6 Å². The minimum absolute atomic E-state index is 0.0126. The monoisotopic (exact) mass is 435 g/mol. The molecule has 0 radical (unpaired) electrons. The van der Waals surface area contributed by atoms with Gasteiger partial charge in [0.05, 0.1) is 33.8 Å². The molecule has 2 aromatic carbocycles. The van der Waals surface area contributed by atoms with Crippen LogP contribution in [0.5, 0.6) is 11.5 Å². The summed E-state index contributed by atoms with van der Waals surface area (Å²) in [6.45, 7) is -0.805. The first kappa shape index (κ1) is 20.1. The Kier molecular flexibility index (Phi) is 4.93. The van der Waals surface area contributed by atoms with Crippen molar-refractivity contribution < 1.29 is 32.4 Å². The number of carbonyl (C=O) groups is 1. The van der Waals surface area contributed by atoms with Crippen LogP contribution in [-0.4, -0.2) is 33.4 Å². The number of nitrogens with zero attached hydrogens (tertiary/aromatic N) is 4. The highest BCUT2D eigenvalue weighted by atomic mass is 19.4. The first-order valence-electron chi connectivity index (χ1n) is 8.66. The van der Waals surface area contributed by atoms with Gasteiger partial charge in [-0.3, -0.25) is 14.9 Å². The van der Waals surface area contributed by atoms with E-state index in [-0.39, 0.29) is 40.6 Å². The van der Waals surface area contributed by atoms with Crippen LogP contribution < -0.4 is 14.9 Å². The number of nitro groups is 1. The summed E-state index contributed by atoms with van der Waals surface area (Å²) in [5, 5.41) is 14.9. The van der Waals surface area contributed by atoms with Crippen LogP contribution >= 0.6 is 0 Å². The molecule has 10 nitrogen and oxygen atoms in total. The lowest BCUT2D eigenvalue weighted by Crippen LogP contribution is -2.26. The standard InChI is InChI=1S/C18H12F3N5O5/c19-18(20,21)17-23-11-3-1-2-4-12(11)25(17)8-16(27)24-22-7-10-5-14-15(31-9-30-14)6-13(10)26(28)29/h1-7H,8-9H2,(H,24,27)/b22-7+. The van der Waals surface area contributed by atoms with Gasteiger partial charge >= 0.3 is 6.18 Å². The maximum absolute atomic E-state index is 13.3. The summed E-state index contributed by atoms with van der Waals surface area (Å²) < 4.78 is 50.9. The predicted molar refractivity (Wildman–Crippen MR) is 99.7 cm³/mol. The number of alkyl halides is 3. The zero-order chi connectivity index (χ0) is 22.2. The van der Waals surface area contributed by atoms with E-state index in [9.17, 15) is 28.1 Å². The van der Waals surface area contributed by atoms with Gasteiger partial charge in [-0.2, -0.15) is 18.3 Å². The number of hydrazone groups is 1. The fourth-order valence-corrected chi connectivity index (χ4v) is 3.01. The second-order valence-electron chi connectivity index (χ2n) is 6.32. The molecule has 0 aliphatic carbocycles. The largest absolute Gasteiger partial charge is 0.454 e. The Morgan fingerprint density at radius 2 is 2.00 bits per heavy atom. The molecule has 0 saturated heterocycles. The molecule has 0 unspecified atom stereocenters. The summed E-state index contributed by atoms with van der Waals surface area (Å²) in [5.41, 5.74) is 1.94. The summed E-state index contributed by atoms with van der Waals surface area (Å²) in [6.07, 6.45) is -3.77. The Hall–Kier alpha value is -4.16. The van der Waals surface area contributed by atoms with Crippen LogP contribution in [0.25, 0.3) is 11.0 Å². The van der Waals surface area contributed by atoms with E-state index < -0.39 is 29.4 Å². The molecule has 160 valence electrons. The predicted octanol–water partition coefficient (Wildman–Crippen LogP) is 2.84. The van der Waals surface area contributed by atoms with Gasteiger partial charge in [-0.05, 0) is 18.2 Å². The van der Waals surface area contributed by atoms with Crippen molar-refractivity contribution in [1.29, 1.82) is 0 Å². The topological polar surface area (TPSA) is 121 Å². The van der Waals surface area contributed by atoms with E-state index >= 15 is 0 Å². The van der Waals surface area contributed by atoms with Crippen molar-refractivity contribution in [2.24, 2.45) is 5.10 Å². The lowest BCUT2D eigenvalue weighted by molar-refractivity contribution is -0.385. The molecule has 0 fully saturated rings. The minimum Gasteiger partial charge on any atom is -0.454 e. The van der Waals surface area contributed by atoms with Crippen LogP contribution in [0.4, 0.5) is 18.9 Å². The van der Waals surface area contributed by atoms with E-state index in [0.717, 1.165) is 16.8 Å². The number of imidazole rings is 1. The number of amides is 1. The van der Waals surface area contributed by atoms with Gasteiger partial charge in [0, 0.05) is 0 Å². The number of hydrogen-bond acceptors (Lipinski definition) is 7. The SMILES string of the molecule is O=C(Cn1c(C(F)(F)F)nc2ccccc21)N/N=C/c1cc2c(cc1[N+](=O)[O-])OCO2. The van der Waals surface area contributed by atoms with Gasteiger partial charge in [-0.25, -0.2) is 10.4 Å². The highest BCUT2D eigenvalue weighted by Gasteiger charge is 2.38. The van der Waals surface area contributed by atoms with E-state index in [1.165, 1.54) is 30.3 Å². The van der Waals surface area contributed by atoms with Crippen molar-refractivity contribution in [2.75, 3.05) is 6.79 Å². The fraction of sp³-hybridized carbons (Fsp3) is 0.167. The van der Waals surface area contributed by atoms with Crippen LogP contribution in [0.15, 0.2) is 41.5 Å². The summed E-state index contributed by atoms with van der Waals surface area (Å²) in [5.74, 6) is -1.65. The Morgan fingerprint density at radius 1 is 1.29 bits per heavy atom. The maximum atomic E-state index is 13.3. The quantitative estimate of drug-likeness (QED) is 0.374. The second kappa shape index (κ2) is 7.59. The van der Waals surface area contributed by atoms with E-state index in [0.29, 0.717) is 0 Å². The van der Waals surface area contributed by atoms with Crippen LogP contribution in [0.2, 0.25) is 0 Å². The van der Waals surface area contributed by atoms with Gasteiger partial charge in [-0.15, -0.1) is 0 Å². The molecular formula is C18H12F3N5O5. The van der Waals surface area contributed by atoms with Crippen molar-refractivity contribution in [3.63, 3.8) is 0 Å². The van der Waals surface area contributed by atoms with E-state index in [1.54, 1.807) is 0 Å². The second-order valence-corrected chi connectivity index (χ2v) is 6.32. The Labute approximate surface area is 171 Å². The van der Waals surface area contributed by atoms with Crippen LogP contribution in [0.3, 0.4) is 0 Å². The molecule has 31 heavy (non-hydrogen) atoms. The van der Waals surface area contributed by atoms with Gasteiger partial charge in [0.2, 0.25) is 12.6 Å². The summed E-state index contributed by atoms with van der Waals surface area (Å²) in [6, 6.07) is 8.32. The van der Waals surface area contributed by atoms with Crippen LogP contribution in [-0.2, 0) is 17.5 Å². The molecule has 1 amide bonds. The maximum Gasteiger partial charge on any atom is 0.449 e. The zero-order valence-corrected chi connectivity index (χ0v) is 15.4. The molecule has 1 aromatic heterocycles. The molecule has 0 bridgehead atoms. The molecule has 0 saturated carbocycles. The van der Waals surface area contributed by atoms with Crippen molar-refractivity contribution in [3.8, 4) is 11.5 Å². The first-order valence-corrected chi connectivity index (χ1v) is 8.66. The highest BCUT2D eigenvalue weighted by Crippen LogP contribution is 2.37.